The average Bonchev–Trinajstić information content (AvgIpc) is 2.56. The van der Waals surface area contributed by atoms with E-state index in [4.69, 9.17) is 0 Å². The molecule has 0 spiro atoms. The Morgan fingerprint density at radius 2 is 1.33 bits per heavy atom. The highest BCUT2D eigenvalue weighted by Crippen LogP contribution is 2.25. The summed E-state index contributed by atoms with van der Waals surface area (Å²) in [5.41, 5.74) is 0.458. The molecule has 9 nitrogen and oxygen atoms in total. The molecule has 1 saturated heterocycles. The van der Waals surface area contributed by atoms with Gasteiger partial charge in [0.25, 0.3) is 0 Å². The number of hydrogen-bond donors (Lipinski definition) is 1. The third-order valence-corrected chi connectivity index (χ3v) is 4.55. The Bertz CT molecular complexity index is 743. The summed E-state index contributed by atoms with van der Waals surface area (Å²) in [7, 11) is -4.73. The Balaban J connectivity index is 0.000000696. The van der Waals surface area contributed by atoms with Gasteiger partial charge in [-0.1, -0.05) is 0 Å². The number of carbonyl (C=O) groups is 2. The monoisotopic (exact) mass is 465 g/mol. The first-order valence-electron chi connectivity index (χ1n) is 9.44. The molecule has 0 saturated carbocycles. The third kappa shape index (κ3) is 17.2. The number of nitrogens with one attached hydrogen (secondary N) is 1. The summed E-state index contributed by atoms with van der Waals surface area (Å²) < 4.78 is 49.6. The Morgan fingerprint density at radius 3 is 1.63 bits per heavy atom. The van der Waals surface area contributed by atoms with Gasteiger partial charge in [0.15, 0.2) is 0 Å². The van der Waals surface area contributed by atoms with Crippen LogP contribution in [0.3, 0.4) is 0 Å². The molecule has 0 atom stereocenters. The molecule has 30 heavy (non-hydrogen) atoms. The van der Waals surface area contributed by atoms with Crippen LogP contribution in [0.5, 0.6) is 0 Å². The van der Waals surface area contributed by atoms with Crippen molar-refractivity contribution in [2.45, 2.75) is 70.9 Å². The van der Waals surface area contributed by atoms with Gasteiger partial charge in [0.2, 0.25) is 20.6 Å². The molecule has 172 valence electrons. The minimum Gasteiger partial charge on any atom is -0.460 e. The summed E-state index contributed by atoms with van der Waals surface area (Å²) in [4.78, 5) is 22.2. The van der Waals surface area contributed by atoms with Gasteiger partial charge in [-0.15, -0.1) is 0 Å². The highest BCUT2D eigenvalue weighted by atomic mass is 32.2. The first kappa shape index (κ1) is 28.3. The van der Waals surface area contributed by atoms with Crippen molar-refractivity contribution >= 4 is 43.3 Å². The number of ether oxygens (including phenoxy) is 2. The molecule has 0 aliphatic carbocycles. The van der Waals surface area contributed by atoms with Gasteiger partial charge in [-0.2, -0.15) is 16.8 Å². The smallest absolute Gasteiger partial charge is 0.306 e. The topological polar surface area (TPSA) is 133 Å². The van der Waals surface area contributed by atoms with Crippen LogP contribution in [-0.4, -0.2) is 63.8 Å². The first-order valence-corrected chi connectivity index (χ1v) is 11.7. The van der Waals surface area contributed by atoms with Crippen LogP contribution in [0.15, 0.2) is 0 Å². The Kier molecular flexibility index (Phi) is 13.5. The molecule has 0 aromatic rings. The van der Waals surface area contributed by atoms with E-state index >= 15 is 0 Å². The fourth-order valence-electron chi connectivity index (χ4n) is 2.66. The fourth-order valence-corrected chi connectivity index (χ4v) is 3.02. The lowest BCUT2D eigenvalue weighted by Crippen LogP contribution is -2.55. The van der Waals surface area contributed by atoms with Gasteiger partial charge < -0.3 is 14.8 Å². The SMILES string of the molecule is CC1(C)[CH][CH]CC(C)(C)N1.O=C(CCCCC(=O)OCC=S(=O)=O)OCC=S(=O)=O. The van der Waals surface area contributed by atoms with E-state index in [1.165, 1.54) is 0 Å². The zero-order valence-electron chi connectivity index (χ0n) is 17.8. The van der Waals surface area contributed by atoms with Crippen molar-refractivity contribution in [3.05, 3.63) is 12.8 Å². The summed E-state index contributed by atoms with van der Waals surface area (Å²) in [6.45, 7) is 8.25. The molecule has 1 aliphatic rings. The van der Waals surface area contributed by atoms with Gasteiger partial charge in [-0.05, 0) is 59.8 Å². The van der Waals surface area contributed by atoms with Gasteiger partial charge >= 0.3 is 11.9 Å². The molecule has 1 rings (SSSR count). The maximum Gasteiger partial charge on any atom is 0.306 e. The normalized spacial score (nSPS) is 16.3. The summed E-state index contributed by atoms with van der Waals surface area (Å²) in [5, 5.41) is 5.17. The highest BCUT2D eigenvalue weighted by Gasteiger charge is 2.31. The van der Waals surface area contributed by atoms with Crippen molar-refractivity contribution in [1.82, 2.24) is 5.32 Å². The molecule has 1 fully saturated rings. The number of carbonyl (C=O) groups excluding carboxylic acids is 2. The average molecular weight is 466 g/mol. The molecule has 0 bridgehead atoms. The summed E-state index contributed by atoms with van der Waals surface area (Å²) in [6.07, 6.45) is 6.51. The highest BCUT2D eigenvalue weighted by molar-refractivity contribution is 7.71. The predicted molar refractivity (Wildman–Crippen MR) is 115 cm³/mol. The van der Waals surface area contributed by atoms with Crippen molar-refractivity contribution in [3.8, 4) is 0 Å². The van der Waals surface area contributed by atoms with Crippen LogP contribution < -0.4 is 5.32 Å². The van der Waals surface area contributed by atoms with Crippen molar-refractivity contribution < 1.29 is 35.9 Å². The van der Waals surface area contributed by atoms with Crippen molar-refractivity contribution in [2.24, 2.45) is 0 Å². The molecule has 11 heteroatoms. The van der Waals surface area contributed by atoms with Gasteiger partial charge in [0.1, 0.15) is 13.2 Å². The van der Waals surface area contributed by atoms with Gasteiger partial charge in [-0.25, -0.2) is 0 Å². The number of esters is 2. The number of unbranched alkanes of at least 4 members (excludes halogenated alkanes) is 1. The minimum absolute atomic E-state index is 0.0588. The van der Waals surface area contributed by atoms with Gasteiger partial charge in [-0.3, -0.25) is 9.59 Å². The van der Waals surface area contributed by atoms with Crippen molar-refractivity contribution in [1.29, 1.82) is 0 Å². The second-order valence-corrected chi connectivity index (χ2v) is 9.47. The quantitative estimate of drug-likeness (QED) is 0.300. The number of piperidine rings is 1. The number of rotatable bonds is 9. The van der Waals surface area contributed by atoms with E-state index in [9.17, 15) is 26.4 Å². The summed E-state index contributed by atoms with van der Waals surface area (Å²) >= 11 is 0. The molecule has 0 amide bonds. The molecule has 0 aromatic carbocycles. The largest absolute Gasteiger partial charge is 0.460 e. The molecule has 1 N–H and O–H groups in total. The Labute approximate surface area is 181 Å². The van der Waals surface area contributed by atoms with E-state index in [0.717, 1.165) is 17.2 Å². The maximum atomic E-state index is 11.1. The maximum absolute atomic E-state index is 11.1. The van der Waals surface area contributed by atoms with Gasteiger partial charge in [0, 0.05) is 23.9 Å². The molecule has 1 heterocycles. The van der Waals surface area contributed by atoms with Crippen LogP contribution in [-0.2, 0) is 39.6 Å². The van der Waals surface area contributed by atoms with E-state index in [1.807, 2.05) is 0 Å². The molecule has 0 unspecified atom stereocenters. The summed E-state index contributed by atoms with van der Waals surface area (Å²) in [6, 6.07) is 0. The van der Waals surface area contributed by atoms with E-state index in [2.05, 4.69) is 55.3 Å². The third-order valence-electron chi connectivity index (χ3n) is 3.73. The zero-order chi connectivity index (χ0) is 23.2. The minimum atomic E-state index is -2.36. The lowest BCUT2D eigenvalue weighted by atomic mass is 9.83. The van der Waals surface area contributed by atoms with Gasteiger partial charge in [0.05, 0.1) is 10.7 Å². The Hall–Kier alpha value is -1.72. The van der Waals surface area contributed by atoms with E-state index in [0.29, 0.717) is 12.8 Å². The molecular weight excluding hydrogens is 434 g/mol. The lowest BCUT2D eigenvalue weighted by molar-refractivity contribution is -0.144. The Morgan fingerprint density at radius 1 is 0.900 bits per heavy atom. The van der Waals surface area contributed by atoms with Crippen LogP contribution >= 0.6 is 0 Å². The van der Waals surface area contributed by atoms with Crippen molar-refractivity contribution in [2.75, 3.05) is 13.2 Å². The van der Waals surface area contributed by atoms with Crippen LogP contribution in [0.4, 0.5) is 0 Å². The van der Waals surface area contributed by atoms with E-state index in [-0.39, 0.29) is 37.1 Å². The van der Waals surface area contributed by atoms with E-state index in [1.54, 1.807) is 0 Å². The molecular formula is C19H31NO8S2. The van der Waals surface area contributed by atoms with Crippen LogP contribution in [0.25, 0.3) is 0 Å². The first-order chi connectivity index (χ1) is 13.8. The predicted octanol–water partition coefficient (Wildman–Crippen LogP) is 0.941. The van der Waals surface area contributed by atoms with Crippen LogP contribution in [0, 0.1) is 12.8 Å². The summed E-state index contributed by atoms with van der Waals surface area (Å²) in [5.74, 6) is -1.12. The van der Waals surface area contributed by atoms with E-state index < -0.39 is 32.5 Å². The number of hydrogen-bond acceptors (Lipinski definition) is 9. The fraction of sp³-hybridized carbons (Fsp3) is 0.684. The second kappa shape index (κ2) is 14.3. The van der Waals surface area contributed by atoms with Crippen LogP contribution in [0.1, 0.15) is 59.8 Å². The van der Waals surface area contributed by atoms with Crippen molar-refractivity contribution in [3.63, 3.8) is 0 Å². The zero-order valence-corrected chi connectivity index (χ0v) is 19.5. The molecule has 1 aliphatic heterocycles. The standard InChI is InChI=1S/C10H14O8S2.C9H17N/c11-9(17-5-7-19(13)14)3-1-2-4-10(12)18-6-8-20(15)16;1-8(2)6-5-7-9(3,4)10-8/h7-8H,1-6H2;5-6,10H,7H2,1-4H3. The second-order valence-electron chi connectivity index (χ2n) is 7.76. The molecule has 2 radical (unpaired) electrons. The molecule has 0 aromatic heterocycles. The van der Waals surface area contributed by atoms with Crippen LogP contribution in [0.2, 0.25) is 0 Å². The lowest BCUT2D eigenvalue weighted by Gasteiger charge is -2.42.